The van der Waals surface area contributed by atoms with Gasteiger partial charge in [-0.2, -0.15) is 5.10 Å². The van der Waals surface area contributed by atoms with Crippen molar-refractivity contribution in [3.8, 4) is 0 Å². The lowest BCUT2D eigenvalue weighted by atomic mass is 10.1. The minimum atomic E-state index is -0.0204. The lowest BCUT2D eigenvalue weighted by Crippen LogP contribution is -2.33. The minimum Gasteiger partial charge on any atom is -0.345 e. The van der Waals surface area contributed by atoms with Gasteiger partial charge in [-0.15, -0.1) is 11.8 Å². The summed E-state index contributed by atoms with van der Waals surface area (Å²) in [5, 5.41) is 7.34. The molecule has 1 unspecified atom stereocenters. The number of hydrogen-bond donors (Lipinski definition) is 1. The molecule has 22 heavy (non-hydrogen) atoms. The third kappa shape index (κ3) is 3.65. The van der Waals surface area contributed by atoms with Gasteiger partial charge >= 0.3 is 0 Å². The number of carbonyl (C=O) groups excluding carboxylic acids is 1. The molecule has 0 aliphatic heterocycles. The van der Waals surface area contributed by atoms with Gasteiger partial charge in [-0.3, -0.25) is 9.78 Å². The number of nitrogens with zero attached hydrogens (tertiary/aromatic N) is 4. The van der Waals surface area contributed by atoms with E-state index < -0.39 is 0 Å². The second kappa shape index (κ2) is 6.91. The number of aryl methyl sites for hydroxylation is 1. The van der Waals surface area contributed by atoms with E-state index in [0.29, 0.717) is 11.7 Å². The van der Waals surface area contributed by atoms with E-state index in [4.69, 9.17) is 0 Å². The van der Waals surface area contributed by atoms with Gasteiger partial charge in [-0.1, -0.05) is 0 Å². The Kier molecular flexibility index (Phi) is 4.72. The Morgan fingerprint density at radius 3 is 2.91 bits per heavy atom. The molecule has 3 rings (SSSR count). The first-order valence-electron chi connectivity index (χ1n) is 7.48. The SMILES string of the molecule is CCn1ncnc1C(NC(=O)CSc1ccncc1)C1CC1. The fourth-order valence-electron chi connectivity index (χ4n) is 2.38. The van der Waals surface area contributed by atoms with E-state index in [2.05, 4.69) is 20.4 Å². The van der Waals surface area contributed by atoms with Crippen LogP contribution in [0.25, 0.3) is 0 Å². The van der Waals surface area contributed by atoms with Crippen LogP contribution < -0.4 is 5.32 Å². The first-order valence-corrected chi connectivity index (χ1v) is 8.46. The van der Waals surface area contributed by atoms with Crippen LogP contribution in [0.5, 0.6) is 0 Å². The van der Waals surface area contributed by atoms with Crippen LogP contribution in [-0.2, 0) is 11.3 Å². The third-order valence-electron chi connectivity index (χ3n) is 3.65. The summed E-state index contributed by atoms with van der Waals surface area (Å²) in [6.07, 6.45) is 7.30. The van der Waals surface area contributed by atoms with Crippen LogP contribution >= 0.6 is 11.8 Å². The van der Waals surface area contributed by atoms with Crippen molar-refractivity contribution >= 4 is 17.7 Å². The van der Waals surface area contributed by atoms with Gasteiger partial charge in [0.25, 0.3) is 0 Å². The number of nitrogens with one attached hydrogen (secondary N) is 1. The highest BCUT2D eigenvalue weighted by Gasteiger charge is 2.36. The predicted octanol–water partition coefficient (Wildman–Crippen LogP) is 2.05. The maximum atomic E-state index is 12.2. The highest BCUT2D eigenvalue weighted by atomic mass is 32.2. The second-order valence-electron chi connectivity index (χ2n) is 5.29. The van der Waals surface area contributed by atoms with Gasteiger partial charge in [0.05, 0.1) is 11.8 Å². The Labute approximate surface area is 133 Å². The second-order valence-corrected chi connectivity index (χ2v) is 6.34. The number of rotatable bonds is 7. The van der Waals surface area contributed by atoms with E-state index in [1.54, 1.807) is 18.7 Å². The molecule has 1 saturated carbocycles. The molecule has 2 heterocycles. The summed E-state index contributed by atoms with van der Waals surface area (Å²) < 4.78 is 1.86. The minimum absolute atomic E-state index is 0.0204. The Morgan fingerprint density at radius 1 is 1.45 bits per heavy atom. The molecular weight excluding hydrogens is 298 g/mol. The summed E-state index contributed by atoms with van der Waals surface area (Å²) in [5.41, 5.74) is 0. The summed E-state index contributed by atoms with van der Waals surface area (Å²) in [6, 6.07) is 3.79. The first-order chi connectivity index (χ1) is 10.8. The summed E-state index contributed by atoms with van der Waals surface area (Å²) in [5.74, 6) is 1.79. The van der Waals surface area contributed by atoms with Crippen molar-refractivity contribution in [2.75, 3.05) is 5.75 Å². The molecule has 1 aliphatic carbocycles. The molecular formula is C15H19N5OS. The number of pyridine rings is 1. The highest BCUT2D eigenvalue weighted by molar-refractivity contribution is 8.00. The standard InChI is InChI=1S/C15H19N5OS/c1-2-20-15(17-10-18-20)14(11-3-4-11)19-13(21)9-22-12-5-7-16-8-6-12/h5-8,10-11,14H,2-4,9H2,1H3,(H,19,21). The molecule has 0 saturated heterocycles. The van der Waals surface area contributed by atoms with Gasteiger partial charge in [0, 0.05) is 23.8 Å². The van der Waals surface area contributed by atoms with E-state index in [1.165, 1.54) is 11.8 Å². The van der Waals surface area contributed by atoms with E-state index in [9.17, 15) is 4.79 Å². The van der Waals surface area contributed by atoms with Crippen LogP contribution in [0, 0.1) is 5.92 Å². The number of hydrogen-bond acceptors (Lipinski definition) is 5. The van der Waals surface area contributed by atoms with Gasteiger partial charge < -0.3 is 5.32 Å². The highest BCUT2D eigenvalue weighted by Crippen LogP contribution is 2.40. The summed E-state index contributed by atoms with van der Waals surface area (Å²) in [7, 11) is 0. The average Bonchev–Trinajstić information content (AvgIpc) is 3.28. The van der Waals surface area contributed by atoms with E-state index in [0.717, 1.165) is 30.1 Å². The Balaban J connectivity index is 1.60. The molecule has 0 radical (unpaired) electrons. The molecule has 2 aromatic heterocycles. The van der Waals surface area contributed by atoms with Gasteiger partial charge in [-0.05, 0) is 37.8 Å². The Bertz CT molecular complexity index is 626. The van der Waals surface area contributed by atoms with Crippen molar-refractivity contribution in [3.05, 3.63) is 36.7 Å². The van der Waals surface area contributed by atoms with Crippen molar-refractivity contribution in [2.45, 2.75) is 37.2 Å². The zero-order chi connectivity index (χ0) is 15.4. The van der Waals surface area contributed by atoms with Gasteiger partial charge in [0.15, 0.2) is 0 Å². The number of carbonyl (C=O) groups is 1. The third-order valence-corrected chi connectivity index (χ3v) is 4.66. The normalized spacial score (nSPS) is 15.5. The fraction of sp³-hybridized carbons (Fsp3) is 0.467. The van der Waals surface area contributed by atoms with Gasteiger partial charge in [0.1, 0.15) is 12.2 Å². The van der Waals surface area contributed by atoms with Crippen LogP contribution in [0.15, 0.2) is 35.7 Å². The topological polar surface area (TPSA) is 72.7 Å². The molecule has 1 N–H and O–H groups in total. The van der Waals surface area contributed by atoms with E-state index in [-0.39, 0.29) is 11.9 Å². The number of thioether (sulfide) groups is 1. The average molecular weight is 317 g/mol. The molecule has 7 heteroatoms. The Hall–Kier alpha value is -1.89. The smallest absolute Gasteiger partial charge is 0.230 e. The van der Waals surface area contributed by atoms with Gasteiger partial charge in [0.2, 0.25) is 5.91 Å². The van der Waals surface area contributed by atoms with Gasteiger partial charge in [-0.25, -0.2) is 9.67 Å². The monoisotopic (exact) mass is 317 g/mol. The molecule has 1 fully saturated rings. The van der Waals surface area contributed by atoms with E-state index >= 15 is 0 Å². The van der Waals surface area contributed by atoms with Crippen molar-refractivity contribution in [1.82, 2.24) is 25.1 Å². The number of amides is 1. The van der Waals surface area contributed by atoms with Crippen LogP contribution in [-0.4, -0.2) is 31.4 Å². The molecule has 0 bridgehead atoms. The van der Waals surface area contributed by atoms with Crippen molar-refractivity contribution in [2.24, 2.45) is 5.92 Å². The maximum Gasteiger partial charge on any atom is 0.230 e. The van der Waals surface area contributed by atoms with E-state index in [1.807, 2.05) is 23.7 Å². The predicted molar refractivity (Wildman–Crippen MR) is 84.3 cm³/mol. The molecule has 0 spiro atoms. The molecule has 2 aromatic rings. The number of aromatic nitrogens is 4. The zero-order valence-corrected chi connectivity index (χ0v) is 13.3. The van der Waals surface area contributed by atoms with Crippen molar-refractivity contribution in [1.29, 1.82) is 0 Å². The molecule has 1 amide bonds. The molecule has 0 aromatic carbocycles. The largest absolute Gasteiger partial charge is 0.345 e. The molecule has 6 nitrogen and oxygen atoms in total. The Morgan fingerprint density at radius 2 is 2.23 bits per heavy atom. The summed E-state index contributed by atoms with van der Waals surface area (Å²) >= 11 is 1.51. The van der Waals surface area contributed by atoms with Crippen LogP contribution in [0.1, 0.15) is 31.6 Å². The fourth-order valence-corrected chi connectivity index (χ4v) is 3.07. The molecule has 116 valence electrons. The van der Waals surface area contributed by atoms with Crippen molar-refractivity contribution < 1.29 is 4.79 Å². The lowest BCUT2D eigenvalue weighted by Gasteiger charge is -2.18. The zero-order valence-electron chi connectivity index (χ0n) is 12.5. The van der Waals surface area contributed by atoms with Crippen LogP contribution in [0.3, 0.4) is 0 Å². The van der Waals surface area contributed by atoms with Crippen LogP contribution in [0.2, 0.25) is 0 Å². The molecule has 1 aliphatic rings. The quantitative estimate of drug-likeness (QED) is 0.791. The summed E-state index contributed by atoms with van der Waals surface area (Å²) in [6.45, 7) is 2.80. The lowest BCUT2D eigenvalue weighted by molar-refractivity contribution is -0.119. The van der Waals surface area contributed by atoms with Crippen molar-refractivity contribution in [3.63, 3.8) is 0 Å². The summed E-state index contributed by atoms with van der Waals surface area (Å²) in [4.78, 5) is 21.6. The van der Waals surface area contributed by atoms with Crippen LogP contribution in [0.4, 0.5) is 0 Å². The maximum absolute atomic E-state index is 12.2. The molecule has 1 atom stereocenters. The first kappa shape index (κ1) is 15.0.